The van der Waals surface area contributed by atoms with Gasteiger partial charge in [-0.05, 0) is 64.3 Å². The minimum absolute atomic E-state index is 0.472. The molecule has 3 heterocycles. The Bertz CT molecular complexity index is 406. The van der Waals surface area contributed by atoms with Crippen LogP contribution in [0.5, 0.6) is 0 Å². The van der Waals surface area contributed by atoms with Crippen molar-refractivity contribution in [3.63, 3.8) is 0 Å². The zero-order valence-electron chi connectivity index (χ0n) is 12.5. The van der Waals surface area contributed by atoms with Gasteiger partial charge >= 0.3 is 0 Å². The van der Waals surface area contributed by atoms with Crippen molar-refractivity contribution in [3.05, 3.63) is 11.7 Å². The van der Waals surface area contributed by atoms with E-state index in [0.29, 0.717) is 5.92 Å². The molecule has 1 N–H and O–H groups in total. The Morgan fingerprint density at radius 1 is 1.20 bits per heavy atom. The highest BCUT2D eigenvalue weighted by molar-refractivity contribution is 4.97. The summed E-state index contributed by atoms with van der Waals surface area (Å²) < 4.78 is 5.49. The lowest BCUT2D eigenvalue weighted by Gasteiger charge is -2.30. The van der Waals surface area contributed by atoms with Gasteiger partial charge < -0.3 is 14.7 Å². The van der Waals surface area contributed by atoms with Crippen LogP contribution in [0.1, 0.15) is 50.2 Å². The van der Waals surface area contributed by atoms with Gasteiger partial charge in [0.05, 0.1) is 0 Å². The number of nitrogens with zero attached hydrogens (tertiary/aromatic N) is 3. The van der Waals surface area contributed by atoms with E-state index in [2.05, 4.69) is 27.3 Å². The monoisotopic (exact) mass is 278 g/mol. The highest BCUT2D eigenvalue weighted by Gasteiger charge is 2.24. The third kappa shape index (κ3) is 3.38. The zero-order valence-corrected chi connectivity index (χ0v) is 12.5. The van der Waals surface area contributed by atoms with E-state index >= 15 is 0 Å². The fourth-order valence-electron chi connectivity index (χ4n) is 3.35. The SMILES string of the molecule is CCN1CCC(Cc2noc(C3CCNCC3)n2)CC1. The van der Waals surface area contributed by atoms with E-state index in [1.807, 2.05) is 0 Å². The van der Waals surface area contributed by atoms with Gasteiger partial charge in [0.2, 0.25) is 5.89 Å². The van der Waals surface area contributed by atoms with Crippen molar-refractivity contribution in [2.45, 2.75) is 44.9 Å². The number of nitrogens with one attached hydrogen (secondary N) is 1. The van der Waals surface area contributed by atoms with Crippen LogP contribution in [0, 0.1) is 5.92 Å². The summed E-state index contributed by atoms with van der Waals surface area (Å²) in [6, 6.07) is 0. The molecule has 2 saturated heterocycles. The number of rotatable bonds is 4. The summed E-state index contributed by atoms with van der Waals surface area (Å²) in [5, 5.41) is 7.58. The molecule has 0 unspecified atom stereocenters. The first-order chi connectivity index (χ1) is 9.85. The molecule has 0 saturated carbocycles. The lowest BCUT2D eigenvalue weighted by Crippen LogP contribution is -2.34. The van der Waals surface area contributed by atoms with Crippen molar-refractivity contribution in [1.29, 1.82) is 0 Å². The molecule has 0 radical (unpaired) electrons. The largest absolute Gasteiger partial charge is 0.339 e. The van der Waals surface area contributed by atoms with Crippen LogP contribution in [0.15, 0.2) is 4.52 Å². The molecule has 0 aliphatic carbocycles. The van der Waals surface area contributed by atoms with E-state index in [-0.39, 0.29) is 0 Å². The maximum Gasteiger partial charge on any atom is 0.229 e. The van der Waals surface area contributed by atoms with Crippen LogP contribution in [-0.4, -0.2) is 47.8 Å². The van der Waals surface area contributed by atoms with Crippen LogP contribution in [-0.2, 0) is 6.42 Å². The topological polar surface area (TPSA) is 54.2 Å². The molecule has 5 nitrogen and oxygen atoms in total. The maximum absolute atomic E-state index is 5.49. The Morgan fingerprint density at radius 3 is 2.65 bits per heavy atom. The Morgan fingerprint density at radius 2 is 1.95 bits per heavy atom. The van der Waals surface area contributed by atoms with Crippen molar-refractivity contribution in [1.82, 2.24) is 20.4 Å². The minimum atomic E-state index is 0.472. The van der Waals surface area contributed by atoms with Gasteiger partial charge in [-0.15, -0.1) is 0 Å². The van der Waals surface area contributed by atoms with E-state index < -0.39 is 0 Å². The van der Waals surface area contributed by atoms with Crippen molar-refractivity contribution in [3.8, 4) is 0 Å². The Hall–Kier alpha value is -0.940. The van der Waals surface area contributed by atoms with Crippen molar-refractivity contribution in [2.75, 3.05) is 32.7 Å². The van der Waals surface area contributed by atoms with Crippen molar-refractivity contribution >= 4 is 0 Å². The van der Waals surface area contributed by atoms with Gasteiger partial charge in [0, 0.05) is 12.3 Å². The summed E-state index contributed by atoms with van der Waals surface area (Å²) in [6.07, 6.45) is 5.77. The molecule has 0 spiro atoms. The molecule has 20 heavy (non-hydrogen) atoms. The van der Waals surface area contributed by atoms with Gasteiger partial charge in [-0.1, -0.05) is 12.1 Å². The second-order valence-electron chi connectivity index (χ2n) is 6.15. The fourth-order valence-corrected chi connectivity index (χ4v) is 3.35. The molecule has 0 bridgehead atoms. The maximum atomic E-state index is 5.49. The number of piperidine rings is 2. The summed E-state index contributed by atoms with van der Waals surface area (Å²) in [4.78, 5) is 7.17. The number of hydrogen-bond donors (Lipinski definition) is 1. The third-order valence-corrected chi connectivity index (χ3v) is 4.80. The summed E-state index contributed by atoms with van der Waals surface area (Å²) in [5.41, 5.74) is 0. The second-order valence-corrected chi connectivity index (χ2v) is 6.15. The second kappa shape index (κ2) is 6.68. The standard InChI is InChI=1S/C15H26N4O/c1-2-19-9-5-12(6-10-19)11-14-17-15(20-18-14)13-3-7-16-8-4-13/h12-13,16H,2-11H2,1H3. The Balaban J connectivity index is 1.52. The lowest BCUT2D eigenvalue weighted by atomic mass is 9.93. The van der Waals surface area contributed by atoms with Crippen LogP contribution in [0.4, 0.5) is 0 Å². The van der Waals surface area contributed by atoms with Gasteiger partial charge in [0.15, 0.2) is 5.82 Å². The predicted octanol–water partition coefficient (Wildman–Crippen LogP) is 1.81. The van der Waals surface area contributed by atoms with Gasteiger partial charge in [0.1, 0.15) is 0 Å². The van der Waals surface area contributed by atoms with Crippen LogP contribution in [0.2, 0.25) is 0 Å². The van der Waals surface area contributed by atoms with Crippen molar-refractivity contribution < 1.29 is 4.52 Å². The number of likely N-dealkylation sites (tertiary alicyclic amines) is 1. The van der Waals surface area contributed by atoms with Crippen LogP contribution < -0.4 is 5.32 Å². The first kappa shape index (κ1) is 14.0. The van der Waals surface area contributed by atoms with Gasteiger partial charge in [-0.2, -0.15) is 4.98 Å². The highest BCUT2D eigenvalue weighted by atomic mass is 16.5. The van der Waals surface area contributed by atoms with Gasteiger partial charge in [-0.3, -0.25) is 0 Å². The zero-order chi connectivity index (χ0) is 13.8. The molecule has 0 atom stereocenters. The average molecular weight is 278 g/mol. The van der Waals surface area contributed by atoms with Crippen LogP contribution >= 0.6 is 0 Å². The third-order valence-electron chi connectivity index (χ3n) is 4.80. The van der Waals surface area contributed by atoms with E-state index in [1.165, 1.54) is 32.5 Å². The number of hydrogen-bond acceptors (Lipinski definition) is 5. The molecule has 2 aliphatic rings. The molecule has 112 valence electrons. The average Bonchev–Trinajstić information content (AvgIpc) is 2.97. The van der Waals surface area contributed by atoms with E-state index in [1.54, 1.807) is 0 Å². The normalized spacial score (nSPS) is 23.2. The quantitative estimate of drug-likeness (QED) is 0.910. The lowest BCUT2D eigenvalue weighted by molar-refractivity contribution is 0.190. The smallest absolute Gasteiger partial charge is 0.229 e. The summed E-state index contributed by atoms with van der Waals surface area (Å²) >= 11 is 0. The summed E-state index contributed by atoms with van der Waals surface area (Å²) in [7, 11) is 0. The molecule has 5 heteroatoms. The number of aromatic nitrogens is 2. The van der Waals surface area contributed by atoms with E-state index in [9.17, 15) is 0 Å². The molecular formula is C15H26N4O. The molecular weight excluding hydrogens is 252 g/mol. The van der Waals surface area contributed by atoms with Crippen LogP contribution in [0.3, 0.4) is 0 Å². The van der Waals surface area contributed by atoms with E-state index in [4.69, 9.17) is 4.52 Å². The molecule has 2 aliphatic heterocycles. The highest BCUT2D eigenvalue weighted by Crippen LogP contribution is 2.25. The Labute approximate surface area is 121 Å². The molecule has 1 aromatic rings. The van der Waals surface area contributed by atoms with E-state index in [0.717, 1.165) is 50.0 Å². The first-order valence-electron chi connectivity index (χ1n) is 8.10. The summed E-state index contributed by atoms with van der Waals surface area (Å²) in [5.74, 6) is 3.00. The molecule has 3 rings (SSSR count). The molecule has 1 aromatic heterocycles. The molecule has 0 aromatic carbocycles. The van der Waals surface area contributed by atoms with Gasteiger partial charge in [0.25, 0.3) is 0 Å². The minimum Gasteiger partial charge on any atom is -0.339 e. The van der Waals surface area contributed by atoms with Gasteiger partial charge in [-0.25, -0.2) is 0 Å². The van der Waals surface area contributed by atoms with Crippen molar-refractivity contribution in [2.24, 2.45) is 5.92 Å². The van der Waals surface area contributed by atoms with Crippen LogP contribution in [0.25, 0.3) is 0 Å². The molecule has 2 fully saturated rings. The first-order valence-corrected chi connectivity index (χ1v) is 8.10. The fraction of sp³-hybridized carbons (Fsp3) is 0.867. The summed E-state index contributed by atoms with van der Waals surface area (Å²) in [6.45, 7) is 8.00. The molecule has 0 amide bonds. The Kier molecular flexibility index (Phi) is 4.68. The predicted molar refractivity (Wildman–Crippen MR) is 77.7 cm³/mol.